The molecule has 12 heavy (non-hydrogen) atoms. The van der Waals surface area contributed by atoms with Gasteiger partial charge in [-0.1, -0.05) is 0 Å². The molecule has 0 amide bonds. The van der Waals surface area contributed by atoms with Gasteiger partial charge in [0.2, 0.25) is 0 Å². The maximum atomic E-state index is 4.44. The second-order valence-corrected chi connectivity index (χ2v) is 2.29. The highest BCUT2D eigenvalue weighted by Gasteiger charge is 2.02. The Bertz CT molecular complexity index is 250. The van der Waals surface area contributed by atoms with Crippen LogP contribution in [0.4, 0.5) is 0 Å². The van der Waals surface area contributed by atoms with Gasteiger partial charge in [0.05, 0.1) is 28.6 Å². The molecule has 0 aliphatic heterocycles. The Kier molecular flexibility index (Phi) is 8.07. The summed E-state index contributed by atoms with van der Waals surface area (Å²) < 4.78 is 0. The van der Waals surface area contributed by atoms with Crippen LogP contribution < -0.4 is 0 Å². The summed E-state index contributed by atoms with van der Waals surface area (Å²) in [6, 6.07) is -0.145. The van der Waals surface area contributed by atoms with E-state index in [-0.39, 0.29) is 6.04 Å². The van der Waals surface area contributed by atoms with Gasteiger partial charge < -0.3 is 0 Å². The van der Waals surface area contributed by atoms with E-state index in [1.54, 1.807) is 0 Å². The summed E-state index contributed by atoms with van der Waals surface area (Å²) in [5, 5.41) is 6.71. The van der Waals surface area contributed by atoms with Gasteiger partial charge >= 0.3 is 0 Å². The molecule has 6 heteroatoms. The van der Waals surface area contributed by atoms with E-state index in [9.17, 15) is 0 Å². The fourth-order valence-electron chi connectivity index (χ4n) is 0.499. The number of hydrogen-bond acceptors (Lipinski definition) is 6. The Hall–Kier alpha value is -0.600. The maximum absolute atomic E-state index is 4.44. The van der Waals surface area contributed by atoms with Gasteiger partial charge in [0.25, 0.3) is 0 Å². The van der Waals surface area contributed by atoms with Gasteiger partial charge in [-0.25, -0.2) is 15.0 Å². The van der Waals surface area contributed by atoms with Crippen LogP contribution in [-0.4, -0.2) is 34.6 Å². The highest BCUT2D eigenvalue weighted by Crippen LogP contribution is 1.91. The van der Waals surface area contributed by atoms with Gasteiger partial charge in [-0.2, -0.15) is 0 Å². The highest BCUT2D eigenvalue weighted by molar-refractivity contribution is 7.78. The van der Waals surface area contributed by atoms with Gasteiger partial charge in [-0.3, -0.25) is 0 Å². The van der Waals surface area contributed by atoms with Crippen LogP contribution in [0.15, 0.2) is 15.0 Å². The first kappa shape index (κ1) is 11.4. The molecule has 0 saturated carbocycles. The van der Waals surface area contributed by atoms with Crippen LogP contribution in [0.1, 0.15) is 0 Å². The molecule has 0 atom stereocenters. The van der Waals surface area contributed by atoms with Crippen molar-refractivity contribution >= 4 is 52.1 Å². The number of rotatable bonds is 5. The molecule has 0 fully saturated rings. The highest BCUT2D eigenvalue weighted by atomic mass is 32.1. The summed E-state index contributed by atoms with van der Waals surface area (Å²) in [4.78, 5) is 11.2. The van der Waals surface area contributed by atoms with Crippen molar-refractivity contribution in [2.75, 3.05) is 13.1 Å². The lowest BCUT2D eigenvalue weighted by Gasteiger charge is -2.00. The SMILES string of the molecule is S=C=NCC(CN=C=S)N=C=S. The topological polar surface area (TPSA) is 37.1 Å². The molecule has 0 aromatic rings. The molecular weight excluding hydrogens is 210 g/mol. The molecule has 0 radical (unpaired) electrons. The van der Waals surface area contributed by atoms with E-state index >= 15 is 0 Å². The fourth-order valence-corrected chi connectivity index (χ4v) is 0.797. The normalized spacial score (nSPS) is 10.0. The Morgan fingerprint density at radius 2 is 1.42 bits per heavy atom. The number of hydrogen-bond donors (Lipinski definition) is 0. The molecule has 0 aromatic heterocycles. The van der Waals surface area contributed by atoms with Gasteiger partial charge in [0.1, 0.15) is 6.04 Å². The zero-order chi connectivity index (χ0) is 9.23. The van der Waals surface area contributed by atoms with Crippen LogP contribution in [0.3, 0.4) is 0 Å². The Balaban J connectivity index is 4.10. The van der Waals surface area contributed by atoms with Crippen molar-refractivity contribution in [1.82, 2.24) is 0 Å². The number of nitrogens with zero attached hydrogens (tertiary/aromatic N) is 3. The number of aliphatic imine (C=N–C) groups is 3. The van der Waals surface area contributed by atoms with Crippen molar-refractivity contribution in [3.63, 3.8) is 0 Å². The molecule has 0 rings (SSSR count). The molecular formula is C6H5N3S3. The number of thiocarbonyl (C=S) groups is 3. The molecule has 0 heterocycles. The lowest BCUT2D eigenvalue weighted by atomic mass is 10.3. The molecule has 0 N–H and O–H groups in total. The van der Waals surface area contributed by atoms with Gasteiger partial charge in [0, 0.05) is 0 Å². The maximum Gasteiger partial charge on any atom is 0.101 e. The molecule has 0 spiro atoms. The first-order valence-electron chi connectivity index (χ1n) is 2.99. The van der Waals surface area contributed by atoms with Crippen LogP contribution in [0.5, 0.6) is 0 Å². The minimum atomic E-state index is -0.145. The Labute approximate surface area is 86.3 Å². The van der Waals surface area contributed by atoms with Crippen LogP contribution in [0.2, 0.25) is 0 Å². The zero-order valence-corrected chi connectivity index (χ0v) is 8.51. The van der Waals surface area contributed by atoms with Crippen LogP contribution in [-0.2, 0) is 0 Å². The van der Waals surface area contributed by atoms with E-state index in [2.05, 4.69) is 67.1 Å². The standard InChI is InChI=1S/C6H5N3S3/c10-3-7-1-6(9-5-12)2-8-4-11/h6H,1-2H2. The van der Waals surface area contributed by atoms with Crippen molar-refractivity contribution in [2.24, 2.45) is 15.0 Å². The Morgan fingerprint density at radius 3 is 1.75 bits per heavy atom. The lowest BCUT2D eigenvalue weighted by molar-refractivity contribution is 0.706. The summed E-state index contributed by atoms with van der Waals surface area (Å²) in [7, 11) is 0. The quantitative estimate of drug-likeness (QED) is 0.517. The Morgan fingerprint density at radius 1 is 0.917 bits per heavy atom. The third kappa shape index (κ3) is 6.13. The minimum absolute atomic E-state index is 0.145. The fraction of sp³-hybridized carbons (Fsp3) is 0.500. The van der Waals surface area contributed by atoms with E-state index in [0.29, 0.717) is 13.1 Å². The first-order chi connectivity index (χ1) is 5.85. The molecule has 62 valence electrons. The third-order valence-corrected chi connectivity index (χ3v) is 1.33. The number of isothiocyanates is 3. The summed E-state index contributed by atoms with van der Waals surface area (Å²) in [5.74, 6) is 0. The van der Waals surface area contributed by atoms with E-state index in [1.807, 2.05) is 0 Å². The molecule has 0 saturated heterocycles. The van der Waals surface area contributed by atoms with E-state index < -0.39 is 0 Å². The van der Waals surface area contributed by atoms with Crippen molar-refractivity contribution < 1.29 is 0 Å². The van der Waals surface area contributed by atoms with Gasteiger partial charge in [0.15, 0.2) is 0 Å². The zero-order valence-electron chi connectivity index (χ0n) is 6.06. The van der Waals surface area contributed by atoms with E-state index in [0.717, 1.165) is 0 Å². The average Bonchev–Trinajstić information content (AvgIpc) is 2.10. The summed E-state index contributed by atoms with van der Waals surface area (Å²) in [5.41, 5.74) is 0. The lowest BCUT2D eigenvalue weighted by Crippen LogP contribution is -2.12. The van der Waals surface area contributed by atoms with Gasteiger partial charge in [-0.05, 0) is 36.7 Å². The smallest absolute Gasteiger partial charge is 0.101 e. The summed E-state index contributed by atoms with van der Waals surface area (Å²) >= 11 is 13.2. The van der Waals surface area contributed by atoms with Crippen molar-refractivity contribution in [1.29, 1.82) is 0 Å². The molecule has 0 aliphatic carbocycles. The monoisotopic (exact) mass is 215 g/mol. The van der Waals surface area contributed by atoms with Crippen LogP contribution in [0.25, 0.3) is 0 Å². The molecule has 0 aromatic carbocycles. The molecule has 0 aliphatic rings. The predicted octanol–water partition coefficient (Wildman–Crippen LogP) is 1.66. The molecule has 3 nitrogen and oxygen atoms in total. The third-order valence-electron chi connectivity index (χ3n) is 0.968. The second kappa shape index (κ2) is 8.50. The van der Waals surface area contributed by atoms with Crippen molar-refractivity contribution in [3.05, 3.63) is 0 Å². The van der Waals surface area contributed by atoms with Crippen molar-refractivity contribution in [2.45, 2.75) is 6.04 Å². The summed E-state index contributed by atoms with van der Waals surface area (Å²) in [6.45, 7) is 0.821. The predicted molar refractivity (Wildman–Crippen MR) is 58.6 cm³/mol. The van der Waals surface area contributed by atoms with E-state index in [1.165, 1.54) is 0 Å². The van der Waals surface area contributed by atoms with Gasteiger partial charge in [-0.15, -0.1) is 0 Å². The molecule has 0 bridgehead atoms. The van der Waals surface area contributed by atoms with Crippen LogP contribution in [0, 0.1) is 0 Å². The van der Waals surface area contributed by atoms with E-state index in [4.69, 9.17) is 0 Å². The molecule has 0 unspecified atom stereocenters. The largest absolute Gasteiger partial charge is 0.230 e. The summed E-state index contributed by atoms with van der Waals surface area (Å²) in [6.07, 6.45) is 0. The average molecular weight is 215 g/mol. The van der Waals surface area contributed by atoms with Crippen LogP contribution >= 0.6 is 36.7 Å². The second-order valence-electron chi connectivity index (χ2n) is 1.74. The van der Waals surface area contributed by atoms with Crippen molar-refractivity contribution in [3.8, 4) is 0 Å². The first-order valence-corrected chi connectivity index (χ1v) is 4.22. The minimum Gasteiger partial charge on any atom is -0.230 e.